The second-order valence-electron chi connectivity index (χ2n) is 15.2. The summed E-state index contributed by atoms with van der Waals surface area (Å²) in [5.74, 6) is 0.541. The summed E-state index contributed by atoms with van der Waals surface area (Å²) in [6, 6.07) is 20.6. The third-order valence-corrected chi connectivity index (χ3v) is 9.17. The molecule has 2 aromatic rings. The number of carbonyl (C=O) groups is 1. The lowest BCUT2D eigenvalue weighted by Gasteiger charge is -2.55. The normalized spacial score (nSPS) is 23.4. The molecule has 0 amide bonds. The fraction of sp³-hybridized carbons (Fsp3) is 0.639. The molecule has 6 heteroatoms. The number of hydrogen-bond acceptors (Lipinski definition) is 6. The zero-order valence-electron chi connectivity index (χ0n) is 27.5. The minimum Gasteiger partial charge on any atom is -0.462 e. The van der Waals surface area contributed by atoms with Gasteiger partial charge in [0.15, 0.2) is 0 Å². The van der Waals surface area contributed by atoms with E-state index in [2.05, 4.69) is 96.7 Å². The Balaban J connectivity index is 1.32. The first-order valence-corrected chi connectivity index (χ1v) is 15.7. The van der Waals surface area contributed by atoms with Gasteiger partial charge in [0, 0.05) is 41.4 Å². The van der Waals surface area contributed by atoms with Crippen molar-refractivity contribution < 1.29 is 19.2 Å². The molecule has 232 valence electrons. The van der Waals surface area contributed by atoms with Crippen LogP contribution in [0, 0.1) is 11.8 Å². The van der Waals surface area contributed by atoms with Gasteiger partial charge in [0.05, 0.1) is 13.2 Å². The highest BCUT2D eigenvalue weighted by Gasteiger charge is 2.49. The molecule has 1 atom stereocenters. The quantitative estimate of drug-likeness (QED) is 0.266. The molecule has 2 heterocycles. The van der Waals surface area contributed by atoms with Crippen molar-refractivity contribution >= 4 is 5.97 Å². The van der Waals surface area contributed by atoms with E-state index in [1.807, 2.05) is 36.4 Å². The van der Waals surface area contributed by atoms with E-state index >= 15 is 0 Å². The Morgan fingerprint density at radius 1 is 0.690 bits per heavy atom. The van der Waals surface area contributed by atoms with Crippen molar-refractivity contribution in [3.05, 3.63) is 71.8 Å². The molecule has 4 rings (SSSR count). The van der Waals surface area contributed by atoms with Gasteiger partial charge in [0.25, 0.3) is 0 Å². The Hall–Kier alpha value is -2.25. The van der Waals surface area contributed by atoms with Crippen LogP contribution in [0.2, 0.25) is 0 Å². The van der Waals surface area contributed by atoms with E-state index in [9.17, 15) is 4.79 Å². The number of hydrogen-bond donors (Lipinski definition) is 0. The first-order valence-electron chi connectivity index (χ1n) is 15.7. The Kier molecular flexibility index (Phi) is 9.93. The van der Waals surface area contributed by atoms with E-state index in [1.54, 1.807) is 0 Å². The Labute approximate surface area is 254 Å². The van der Waals surface area contributed by atoms with E-state index in [4.69, 9.17) is 14.4 Å². The molecule has 1 unspecified atom stereocenters. The molecule has 2 fully saturated rings. The first kappa shape index (κ1) is 32.7. The summed E-state index contributed by atoms with van der Waals surface area (Å²) in [4.78, 5) is 26.1. The van der Waals surface area contributed by atoms with E-state index in [1.165, 1.54) is 5.56 Å². The van der Waals surface area contributed by atoms with Crippen LogP contribution in [0.3, 0.4) is 0 Å². The SMILES string of the molecule is CC(CC(=O)OC1CC(C)(C)N(OCc2ccccc2)C(C)(C)C1)C1CC(C)(C)N(OCc2ccccc2)C(C)(C)C1. The van der Waals surface area contributed by atoms with Crippen molar-refractivity contribution in [2.75, 3.05) is 0 Å². The van der Waals surface area contributed by atoms with Gasteiger partial charge in [-0.3, -0.25) is 14.5 Å². The molecule has 0 spiro atoms. The molecule has 0 aliphatic carbocycles. The monoisotopic (exact) mass is 578 g/mol. The average Bonchev–Trinajstić information content (AvgIpc) is 2.87. The number of carbonyl (C=O) groups excluding carboxylic acids is 1. The maximum absolute atomic E-state index is 13.3. The van der Waals surface area contributed by atoms with Crippen molar-refractivity contribution in [2.45, 2.75) is 136 Å². The Morgan fingerprint density at radius 2 is 1.07 bits per heavy atom. The van der Waals surface area contributed by atoms with Crippen LogP contribution in [0.15, 0.2) is 60.7 Å². The summed E-state index contributed by atoms with van der Waals surface area (Å²) in [7, 11) is 0. The number of hydroxylamine groups is 4. The van der Waals surface area contributed by atoms with Crippen LogP contribution in [0.1, 0.15) is 106 Å². The van der Waals surface area contributed by atoms with Crippen LogP contribution in [0.4, 0.5) is 0 Å². The number of nitrogens with zero attached hydrogens (tertiary/aromatic N) is 2. The van der Waals surface area contributed by atoms with Gasteiger partial charge in [0.1, 0.15) is 6.10 Å². The standard InChI is InChI=1S/C36H54N2O4/c1-27(30-21-33(2,3)37(34(4,5)22-30)40-25-28-16-12-10-13-17-28)20-32(39)42-31-23-35(6,7)38(36(8,9)24-31)41-26-29-18-14-11-15-19-29/h10-19,27,30-31H,20-26H2,1-9H3. The van der Waals surface area contributed by atoms with Crippen LogP contribution >= 0.6 is 0 Å². The van der Waals surface area contributed by atoms with Gasteiger partial charge < -0.3 is 4.74 Å². The van der Waals surface area contributed by atoms with Gasteiger partial charge in [0.2, 0.25) is 0 Å². The zero-order chi connectivity index (χ0) is 30.8. The van der Waals surface area contributed by atoms with Crippen molar-refractivity contribution in [3.8, 4) is 0 Å². The van der Waals surface area contributed by atoms with Gasteiger partial charge in [-0.15, -0.1) is 0 Å². The lowest BCUT2D eigenvalue weighted by atomic mass is 9.70. The highest BCUT2D eigenvalue weighted by molar-refractivity contribution is 5.70. The highest BCUT2D eigenvalue weighted by Crippen LogP contribution is 2.45. The lowest BCUT2D eigenvalue weighted by molar-refractivity contribution is -0.300. The largest absolute Gasteiger partial charge is 0.462 e. The molecular formula is C36H54N2O4. The fourth-order valence-corrected chi connectivity index (χ4v) is 7.79. The molecule has 0 N–H and O–H groups in total. The molecule has 0 radical (unpaired) electrons. The van der Waals surface area contributed by atoms with Crippen molar-refractivity contribution in [3.63, 3.8) is 0 Å². The van der Waals surface area contributed by atoms with Crippen LogP contribution in [-0.4, -0.2) is 44.4 Å². The van der Waals surface area contributed by atoms with Crippen molar-refractivity contribution in [1.29, 1.82) is 0 Å². The Morgan fingerprint density at radius 3 is 1.48 bits per heavy atom. The van der Waals surface area contributed by atoms with Crippen LogP contribution in [0.5, 0.6) is 0 Å². The minimum absolute atomic E-state index is 0.0869. The molecule has 42 heavy (non-hydrogen) atoms. The van der Waals surface area contributed by atoms with Gasteiger partial charge in [-0.05, 0) is 91.2 Å². The third kappa shape index (κ3) is 8.02. The summed E-state index contributed by atoms with van der Waals surface area (Å²) in [6.07, 6.45) is 3.72. The molecule has 0 bridgehead atoms. The molecule has 2 saturated heterocycles. The summed E-state index contributed by atoms with van der Waals surface area (Å²) in [5.41, 5.74) is 1.47. The van der Waals surface area contributed by atoms with Gasteiger partial charge in [-0.25, -0.2) is 0 Å². The molecule has 0 aromatic heterocycles. The number of rotatable bonds is 10. The number of piperidine rings is 2. The van der Waals surface area contributed by atoms with E-state index in [-0.39, 0.29) is 40.1 Å². The third-order valence-electron chi connectivity index (χ3n) is 9.17. The summed E-state index contributed by atoms with van der Waals surface area (Å²) >= 11 is 0. The number of ether oxygens (including phenoxy) is 1. The molecule has 2 aromatic carbocycles. The Bertz CT molecular complexity index is 1130. The van der Waals surface area contributed by atoms with Crippen LogP contribution < -0.4 is 0 Å². The number of benzene rings is 2. The first-order chi connectivity index (χ1) is 19.6. The van der Waals surface area contributed by atoms with Crippen molar-refractivity contribution in [1.82, 2.24) is 10.1 Å². The molecular weight excluding hydrogens is 524 g/mol. The highest BCUT2D eigenvalue weighted by atomic mass is 16.7. The second kappa shape index (κ2) is 12.8. The maximum atomic E-state index is 13.3. The van der Waals surface area contributed by atoms with E-state index in [0.717, 1.165) is 31.2 Å². The summed E-state index contributed by atoms with van der Waals surface area (Å²) in [6.45, 7) is 21.1. The molecule has 6 nitrogen and oxygen atoms in total. The maximum Gasteiger partial charge on any atom is 0.306 e. The minimum atomic E-state index is -0.270. The molecule has 2 aliphatic rings. The van der Waals surface area contributed by atoms with Gasteiger partial charge >= 0.3 is 5.97 Å². The fourth-order valence-electron chi connectivity index (χ4n) is 7.79. The topological polar surface area (TPSA) is 51.2 Å². The second-order valence-corrected chi connectivity index (χ2v) is 15.2. The van der Waals surface area contributed by atoms with Crippen LogP contribution in [-0.2, 0) is 32.4 Å². The number of esters is 1. The lowest BCUT2D eigenvalue weighted by Crippen LogP contribution is -2.62. The van der Waals surface area contributed by atoms with E-state index in [0.29, 0.717) is 25.6 Å². The van der Waals surface area contributed by atoms with E-state index < -0.39 is 0 Å². The zero-order valence-corrected chi connectivity index (χ0v) is 27.5. The summed E-state index contributed by atoms with van der Waals surface area (Å²) < 4.78 is 6.19. The van der Waals surface area contributed by atoms with Crippen LogP contribution in [0.25, 0.3) is 0 Å². The van der Waals surface area contributed by atoms with Crippen molar-refractivity contribution in [2.24, 2.45) is 11.8 Å². The average molecular weight is 579 g/mol. The predicted molar refractivity (Wildman–Crippen MR) is 168 cm³/mol. The summed E-state index contributed by atoms with van der Waals surface area (Å²) in [5, 5.41) is 4.32. The molecule has 2 aliphatic heterocycles. The smallest absolute Gasteiger partial charge is 0.306 e. The van der Waals surface area contributed by atoms with Gasteiger partial charge in [-0.2, -0.15) is 10.1 Å². The molecule has 0 saturated carbocycles. The van der Waals surface area contributed by atoms with Gasteiger partial charge in [-0.1, -0.05) is 67.6 Å². The predicted octanol–water partition coefficient (Wildman–Crippen LogP) is 8.11.